The van der Waals surface area contributed by atoms with Gasteiger partial charge in [0, 0.05) is 6.42 Å². The lowest BCUT2D eigenvalue weighted by molar-refractivity contribution is 0.0548. The predicted octanol–water partition coefficient (Wildman–Crippen LogP) is 2.13. The van der Waals surface area contributed by atoms with E-state index in [1.54, 1.807) is 39.0 Å². The molecule has 6 heteroatoms. The summed E-state index contributed by atoms with van der Waals surface area (Å²) in [6.45, 7) is 5.52. The molecule has 0 aromatic heterocycles. The number of fused-ring (bicyclic) bond motifs is 1. The Balaban J connectivity index is 2.34. The first kappa shape index (κ1) is 16.3. The van der Waals surface area contributed by atoms with Gasteiger partial charge in [-0.25, -0.2) is 9.59 Å². The van der Waals surface area contributed by atoms with Gasteiger partial charge in [-0.15, -0.1) is 0 Å². The molecule has 1 heterocycles. The molecule has 0 fully saturated rings. The standard InChI is InChI=1S/C16H21NO5/c1-16(2,3)22-15(20)17-9-12(18)8-11-7-10(14(19)21-4)5-6-13(11)17/h5-7,12,18H,8-9H2,1-4H3. The quantitative estimate of drug-likeness (QED) is 0.804. The Morgan fingerprint density at radius 3 is 2.59 bits per heavy atom. The van der Waals surface area contributed by atoms with Crippen LogP contribution in [-0.2, 0) is 15.9 Å². The van der Waals surface area contributed by atoms with Crippen LogP contribution in [0.5, 0.6) is 0 Å². The number of aliphatic hydroxyl groups is 1. The third-order valence-electron chi connectivity index (χ3n) is 3.25. The molecule has 1 aromatic rings. The number of ether oxygens (including phenoxy) is 2. The highest BCUT2D eigenvalue weighted by molar-refractivity contribution is 5.93. The molecule has 1 aromatic carbocycles. The highest BCUT2D eigenvalue weighted by Gasteiger charge is 2.31. The number of carbonyl (C=O) groups excluding carboxylic acids is 2. The number of nitrogens with zero attached hydrogens (tertiary/aromatic N) is 1. The van der Waals surface area contributed by atoms with Gasteiger partial charge < -0.3 is 14.6 Å². The Bertz CT molecular complexity index is 591. The van der Waals surface area contributed by atoms with Gasteiger partial charge in [0.1, 0.15) is 5.60 Å². The van der Waals surface area contributed by atoms with Crippen LogP contribution in [0.25, 0.3) is 0 Å². The second-order valence-corrected chi connectivity index (χ2v) is 6.28. The highest BCUT2D eigenvalue weighted by Crippen LogP contribution is 2.30. The first-order chi connectivity index (χ1) is 10.2. The summed E-state index contributed by atoms with van der Waals surface area (Å²) in [6.07, 6.45) is -0.842. The van der Waals surface area contributed by atoms with E-state index >= 15 is 0 Å². The fourth-order valence-electron chi connectivity index (χ4n) is 2.37. The van der Waals surface area contributed by atoms with E-state index in [9.17, 15) is 14.7 Å². The number of methoxy groups -OCH3 is 1. The lowest BCUT2D eigenvalue weighted by Crippen LogP contribution is -2.45. The average Bonchev–Trinajstić information content (AvgIpc) is 2.42. The maximum Gasteiger partial charge on any atom is 0.414 e. The average molecular weight is 307 g/mol. The van der Waals surface area contributed by atoms with Crippen molar-refractivity contribution in [3.8, 4) is 0 Å². The Morgan fingerprint density at radius 1 is 1.32 bits per heavy atom. The summed E-state index contributed by atoms with van der Waals surface area (Å²) in [4.78, 5) is 25.3. The van der Waals surface area contributed by atoms with Crippen molar-refractivity contribution in [2.24, 2.45) is 0 Å². The number of benzene rings is 1. The van der Waals surface area contributed by atoms with Crippen LogP contribution in [0.2, 0.25) is 0 Å². The zero-order chi connectivity index (χ0) is 16.5. The van der Waals surface area contributed by atoms with Crippen molar-refractivity contribution in [3.05, 3.63) is 29.3 Å². The van der Waals surface area contributed by atoms with Crippen LogP contribution in [0, 0.1) is 0 Å². The number of amides is 1. The monoisotopic (exact) mass is 307 g/mol. The fraction of sp³-hybridized carbons (Fsp3) is 0.500. The number of rotatable bonds is 1. The lowest BCUT2D eigenvalue weighted by atomic mass is 9.98. The second kappa shape index (κ2) is 5.96. The molecule has 0 aliphatic carbocycles. The summed E-state index contributed by atoms with van der Waals surface area (Å²) >= 11 is 0. The molecule has 1 unspecified atom stereocenters. The first-order valence-corrected chi connectivity index (χ1v) is 7.11. The molecule has 2 rings (SSSR count). The normalized spacial score (nSPS) is 17.7. The van der Waals surface area contributed by atoms with Gasteiger partial charge in [0.15, 0.2) is 0 Å². The summed E-state index contributed by atoms with van der Waals surface area (Å²) in [7, 11) is 1.31. The Morgan fingerprint density at radius 2 is 2.00 bits per heavy atom. The number of anilines is 1. The predicted molar refractivity (Wildman–Crippen MR) is 81.1 cm³/mol. The summed E-state index contributed by atoms with van der Waals surface area (Å²) in [5.74, 6) is -0.452. The Kier molecular flexibility index (Phi) is 4.42. The van der Waals surface area contributed by atoms with Crippen LogP contribution in [0.1, 0.15) is 36.7 Å². The number of hydrogen-bond donors (Lipinski definition) is 1. The van der Waals surface area contributed by atoms with Crippen molar-refractivity contribution in [2.45, 2.75) is 38.9 Å². The minimum Gasteiger partial charge on any atom is -0.465 e. The van der Waals surface area contributed by atoms with E-state index in [2.05, 4.69) is 4.74 Å². The molecular weight excluding hydrogens is 286 g/mol. The number of carbonyl (C=O) groups is 2. The molecule has 0 saturated carbocycles. The van der Waals surface area contributed by atoms with Gasteiger partial charge in [0.25, 0.3) is 0 Å². The van der Waals surface area contributed by atoms with Gasteiger partial charge in [-0.2, -0.15) is 0 Å². The number of aliphatic hydroxyl groups excluding tert-OH is 1. The van der Waals surface area contributed by atoms with Crippen molar-refractivity contribution in [3.63, 3.8) is 0 Å². The molecule has 0 radical (unpaired) electrons. The molecule has 6 nitrogen and oxygen atoms in total. The van der Waals surface area contributed by atoms with E-state index in [-0.39, 0.29) is 6.54 Å². The van der Waals surface area contributed by atoms with Crippen LogP contribution >= 0.6 is 0 Å². The van der Waals surface area contributed by atoms with Gasteiger partial charge in [-0.05, 0) is 44.5 Å². The summed E-state index contributed by atoms with van der Waals surface area (Å²) in [5.41, 5.74) is 1.13. The molecule has 22 heavy (non-hydrogen) atoms. The topological polar surface area (TPSA) is 76.1 Å². The summed E-state index contributed by atoms with van der Waals surface area (Å²) in [5, 5.41) is 9.99. The second-order valence-electron chi connectivity index (χ2n) is 6.28. The van der Waals surface area contributed by atoms with Crippen LogP contribution in [-0.4, -0.2) is 42.5 Å². The SMILES string of the molecule is COC(=O)c1ccc2c(c1)CC(O)CN2C(=O)OC(C)(C)C. The van der Waals surface area contributed by atoms with E-state index in [1.807, 2.05) is 0 Å². The molecule has 0 bridgehead atoms. The first-order valence-electron chi connectivity index (χ1n) is 7.11. The van der Waals surface area contributed by atoms with Gasteiger partial charge in [-0.1, -0.05) is 0 Å². The lowest BCUT2D eigenvalue weighted by Gasteiger charge is -2.34. The highest BCUT2D eigenvalue weighted by atomic mass is 16.6. The maximum absolute atomic E-state index is 12.3. The molecule has 1 aliphatic rings. The number of esters is 1. The fourth-order valence-corrected chi connectivity index (χ4v) is 2.37. The van der Waals surface area contributed by atoms with Gasteiger partial charge in [0.2, 0.25) is 0 Å². The largest absolute Gasteiger partial charge is 0.465 e. The summed E-state index contributed by atoms with van der Waals surface area (Å²) in [6, 6.07) is 4.91. The third-order valence-corrected chi connectivity index (χ3v) is 3.25. The van der Waals surface area contributed by atoms with E-state index in [0.717, 1.165) is 0 Å². The molecule has 0 saturated heterocycles. The third kappa shape index (κ3) is 3.57. The number of hydrogen-bond acceptors (Lipinski definition) is 5. The van der Waals surface area contributed by atoms with Crippen molar-refractivity contribution in [1.82, 2.24) is 0 Å². The molecular formula is C16H21NO5. The van der Waals surface area contributed by atoms with E-state index in [1.165, 1.54) is 12.0 Å². The minimum absolute atomic E-state index is 0.166. The van der Waals surface area contributed by atoms with E-state index in [0.29, 0.717) is 23.2 Å². The van der Waals surface area contributed by atoms with Crippen molar-refractivity contribution in [2.75, 3.05) is 18.6 Å². The minimum atomic E-state index is -0.701. The smallest absolute Gasteiger partial charge is 0.414 e. The molecule has 1 atom stereocenters. The van der Waals surface area contributed by atoms with Crippen LogP contribution in [0.15, 0.2) is 18.2 Å². The molecule has 1 amide bonds. The van der Waals surface area contributed by atoms with Crippen LogP contribution < -0.4 is 4.90 Å². The van der Waals surface area contributed by atoms with Crippen LogP contribution in [0.4, 0.5) is 10.5 Å². The van der Waals surface area contributed by atoms with E-state index in [4.69, 9.17) is 4.74 Å². The van der Waals surface area contributed by atoms with Gasteiger partial charge >= 0.3 is 12.1 Å². The Labute approximate surface area is 129 Å². The van der Waals surface area contributed by atoms with Crippen molar-refractivity contribution in [1.29, 1.82) is 0 Å². The molecule has 1 aliphatic heterocycles. The maximum atomic E-state index is 12.3. The Hall–Kier alpha value is -2.08. The van der Waals surface area contributed by atoms with Gasteiger partial charge in [-0.3, -0.25) is 4.90 Å². The van der Waals surface area contributed by atoms with Gasteiger partial charge in [0.05, 0.1) is 31.0 Å². The van der Waals surface area contributed by atoms with Crippen LogP contribution in [0.3, 0.4) is 0 Å². The van der Waals surface area contributed by atoms with Crippen molar-refractivity contribution >= 4 is 17.7 Å². The van der Waals surface area contributed by atoms with Crippen molar-refractivity contribution < 1.29 is 24.2 Å². The zero-order valence-corrected chi connectivity index (χ0v) is 13.3. The molecule has 1 N–H and O–H groups in total. The zero-order valence-electron chi connectivity index (χ0n) is 13.3. The molecule has 120 valence electrons. The molecule has 0 spiro atoms. The van der Waals surface area contributed by atoms with E-state index < -0.39 is 23.8 Å². The summed E-state index contributed by atoms with van der Waals surface area (Å²) < 4.78 is 10.1. The number of β-amino-alcohol motifs (C(OH)–C–C–N with tert-alkyl or cyclic N) is 1.